The minimum atomic E-state index is -3.59. The van der Waals surface area contributed by atoms with Crippen LogP contribution >= 0.6 is 0 Å². The lowest BCUT2D eigenvalue weighted by atomic mass is 10.1. The zero-order valence-corrected chi connectivity index (χ0v) is 15.8. The topological polar surface area (TPSA) is 127 Å². The lowest BCUT2D eigenvalue weighted by molar-refractivity contribution is 0.597. The van der Waals surface area contributed by atoms with E-state index in [4.69, 9.17) is 5.14 Å². The summed E-state index contributed by atoms with van der Waals surface area (Å²) < 4.78 is 22.6. The third-order valence-electron chi connectivity index (χ3n) is 4.36. The van der Waals surface area contributed by atoms with E-state index in [9.17, 15) is 8.42 Å². The third kappa shape index (κ3) is 4.41. The van der Waals surface area contributed by atoms with Gasteiger partial charge in [-0.2, -0.15) is 4.98 Å². The highest BCUT2D eigenvalue weighted by Gasteiger charge is 2.19. The Morgan fingerprint density at radius 1 is 1.14 bits per heavy atom. The summed E-state index contributed by atoms with van der Waals surface area (Å²) >= 11 is 0. The molecule has 0 saturated carbocycles. The lowest BCUT2D eigenvalue weighted by Gasteiger charge is -2.28. The second kappa shape index (κ2) is 7.49. The molecular formula is C18H19N7O2S. The molecule has 0 spiro atoms. The van der Waals surface area contributed by atoms with Crippen LogP contribution in [-0.4, -0.2) is 34.9 Å². The molecule has 3 aromatic rings. The molecule has 144 valence electrons. The van der Waals surface area contributed by atoms with Gasteiger partial charge >= 0.3 is 0 Å². The second-order valence-electron chi connectivity index (χ2n) is 6.52. The van der Waals surface area contributed by atoms with E-state index >= 15 is 0 Å². The monoisotopic (exact) mass is 397 g/mol. The third-order valence-corrected chi connectivity index (χ3v) is 5.09. The Bertz CT molecular complexity index is 1100. The zero-order chi connectivity index (χ0) is 19.6. The van der Waals surface area contributed by atoms with Gasteiger partial charge < -0.3 is 10.2 Å². The van der Waals surface area contributed by atoms with Gasteiger partial charge in [-0.25, -0.2) is 23.5 Å². The van der Waals surface area contributed by atoms with Crippen molar-refractivity contribution >= 4 is 27.6 Å². The van der Waals surface area contributed by atoms with E-state index in [0.717, 1.165) is 18.7 Å². The number of hydrogen-bond donors (Lipinski definition) is 2. The molecule has 10 heteroatoms. The van der Waals surface area contributed by atoms with Crippen LogP contribution in [0.3, 0.4) is 0 Å². The standard InChI is InChI=1S/C18H19N7O2S/c19-28(26,27)11-13-3-1-5-15(9-13)23-17-21-12-22-18(24-17)25-8-6-16-14(10-25)4-2-7-20-16/h1-5,7,9,12H,6,8,10-11H2,(H2,19,26,27)(H,21,22,23,24). The van der Waals surface area contributed by atoms with E-state index in [1.165, 1.54) is 11.9 Å². The quantitative estimate of drug-likeness (QED) is 0.661. The summed E-state index contributed by atoms with van der Waals surface area (Å²) in [6.07, 6.45) is 4.10. The first-order chi connectivity index (χ1) is 13.5. The zero-order valence-electron chi connectivity index (χ0n) is 15.0. The minimum Gasteiger partial charge on any atom is -0.336 e. The maximum absolute atomic E-state index is 11.3. The summed E-state index contributed by atoms with van der Waals surface area (Å²) in [5.74, 6) is 0.731. The number of anilines is 3. The molecule has 3 N–H and O–H groups in total. The van der Waals surface area contributed by atoms with Crippen LogP contribution in [-0.2, 0) is 28.7 Å². The Labute approximate surface area is 162 Å². The van der Waals surface area contributed by atoms with E-state index in [-0.39, 0.29) is 5.75 Å². The van der Waals surface area contributed by atoms with Crippen molar-refractivity contribution in [1.29, 1.82) is 0 Å². The number of nitrogens with zero attached hydrogens (tertiary/aromatic N) is 5. The smallest absolute Gasteiger partial charge is 0.231 e. The normalized spacial score (nSPS) is 13.8. The van der Waals surface area contributed by atoms with Crippen molar-refractivity contribution in [3.63, 3.8) is 0 Å². The van der Waals surface area contributed by atoms with Crippen molar-refractivity contribution in [1.82, 2.24) is 19.9 Å². The average molecular weight is 397 g/mol. The summed E-state index contributed by atoms with van der Waals surface area (Å²) in [7, 11) is -3.59. The van der Waals surface area contributed by atoms with Crippen molar-refractivity contribution < 1.29 is 8.42 Å². The molecule has 0 saturated heterocycles. The van der Waals surface area contributed by atoms with Gasteiger partial charge in [0.1, 0.15) is 6.33 Å². The van der Waals surface area contributed by atoms with Gasteiger partial charge in [0.2, 0.25) is 21.9 Å². The fourth-order valence-electron chi connectivity index (χ4n) is 3.14. The van der Waals surface area contributed by atoms with Gasteiger partial charge in [-0.3, -0.25) is 4.98 Å². The summed E-state index contributed by atoms with van der Waals surface area (Å²) in [5, 5.41) is 8.21. The Kier molecular flexibility index (Phi) is 4.88. The molecule has 0 amide bonds. The number of primary sulfonamides is 1. The number of pyridine rings is 1. The maximum Gasteiger partial charge on any atom is 0.231 e. The maximum atomic E-state index is 11.3. The molecule has 28 heavy (non-hydrogen) atoms. The molecule has 0 bridgehead atoms. The van der Waals surface area contributed by atoms with Crippen molar-refractivity contribution in [3.05, 3.63) is 65.7 Å². The Morgan fingerprint density at radius 3 is 2.89 bits per heavy atom. The van der Waals surface area contributed by atoms with Crippen LogP contribution in [0.4, 0.5) is 17.6 Å². The largest absolute Gasteiger partial charge is 0.336 e. The van der Waals surface area contributed by atoms with E-state index in [2.05, 4.69) is 36.2 Å². The number of sulfonamides is 1. The highest BCUT2D eigenvalue weighted by atomic mass is 32.2. The van der Waals surface area contributed by atoms with Gasteiger partial charge in [0.05, 0.1) is 5.75 Å². The van der Waals surface area contributed by atoms with Gasteiger partial charge in [-0.15, -0.1) is 0 Å². The predicted molar refractivity (Wildman–Crippen MR) is 105 cm³/mol. The molecule has 0 fully saturated rings. The molecule has 1 aliphatic rings. The predicted octanol–water partition coefficient (Wildman–Crippen LogP) is 1.36. The number of nitrogens with one attached hydrogen (secondary N) is 1. The second-order valence-corrected chi connectivity index (χ2v) is 8.14. The van der Waals surface area contributed by atoms with Crippen LogP contribution in [0.2, 0.25) is 0 Å². The van der Waals surface area contributed by atoms with Crippen LogP contribution in [0.1, 0.15) is 16.8 Å². The first kappa shape index (κ1) is 18.3. The van der Waals surface area contributed by atoms with Crippen molar-refractivity contribution in [2.45, 2.75) is 18.7 Å². The number of aromatic nitrogens is 4. The van der Waals surface area contributed by atoms with Gasteiger partial charge in [-0.1, -0.05) is 18.2 Å². The fourth-order valence-corrected chi connectivity index (χ4v) is 3.78. The van der Waals surface area contributed by atoms with Crippen molar-refractivity contribution in [2.75, 3.05) is 16.8 Å². The van der Waals surface area contributed by atoms with E-state index in [1.54, 1.807) is 24.3 Å². The molecule has 2 aromatic heterocycles. The molecule has 0 aliphatic carbocycles. The van der Waals surface area contributed by atoms with Crippen LogP contribution in [0, 0.1) is 0 Å². The number of rotatable bonds is 5. The average Bonchev–Trinajstić information content (AvgIpc) is 2.67. The van der Waals surface area contributed by atoms with Crippen LogP contribution in [0.25, 0.3) is 0 Å². The lowest BCUT2D eigenvalue weighted by Crippen LogP contribution is -2.32. The number of benzene rings is 1. The van der Waals surface area contributed by atoms with Gasteiger partial charge in [0, 0.05) is 37.1 Å². The molecular weight excluding hydrogens is 378 g/mol. The summed E-state index contributed by atoms with van der Waals surface area (Å²) in [6.45, 7) is 1.47. The number of fused-ring (bicyclic) bond motifs is 1. The summed E-state index contributed by atoms with van der Waals surface area (Å²) in [5.41, 5.74) is 3.53. The SMILES string of the molecule is NS(=O)(=O)Cc1cccc(Nc2ncnc(N3CCc4ncccc4C3)n2)c1. The molecule has 4 rings (SSSR count). The first-order valence-corrected chi connectivity index (χ1v) is 10.4. The molecule has 9 nitrogen and oxygen atoms in total. The number of nitrogens with two attached hydrogens (primary N) is 1. The van der Waals surface area contributed by atoms with Gasteiger partial charge in [0.15, 0.2) is 0 Å². The minimum absolute atomic E-state index is 0.230. The fraction of sp³-hybridized carbons (Fsp3) is 0.222. The molecule has 0 unspecified atom stereocenters. The van der Waals surface area contributed by atoms with Gasteiger partial charge in [-0.05, 0) is 29.3 Å². The van der Waals surface area contributed by atoms with Crippen LogP contribution in [0.15, 0.2) is 48.9 Å². The highest BCUT2D eigenvalue weighted by molar-refractivity contribution is 7.88. The number of hydrogen-bond acceptors (Lipinski definition) is 8. The summed E-state index contributed by atoms with van der Waals surface area (Å²) in [6, 6.07) is 11.0. The Hall–Kier alpha value is -3.11. The molecule has 1 aliphatic heterocycles. The van der Waals surface area contributed by atoms with Crippen LogP contribution < -0.4 is 15.4 Å². The highest BCUT2D eigenvalue weighted by Crippen LogP contribution is 2.22. The molecule has 3 heterocycles. The molecule has 0 radical (unpaired) electrons. The van der Waals surface area contributed by atoms with E-state index in [1.807, 2.05) is 12.3 Å². The van der Waals surface area contributed by atoms with E-state index in [0.29, 0.717) is 29.7 Å². The van der Waals surface area contributed by atoms with Crippen molar-refractivity contribution in [2.24, 2.45) is 5.14 Å². The van der Waals surface area contributed by atoms with Gasteiger partial charge in [0.25, 0.3) is 0 Å². The van der Waals surface area contributed by atoms with Crippen LogP contribution in [0.5, 0.6) is 0 Å². The summed E-state index contributed by atoms with van der Waals surface area (Å²) in [4.78, 5) is 19.4. The molecule has 0 atom stereocenters. The Balaban J connectivity index is 1.51. The first-order valence-electron chi connectivity index (χ1n) is 8.69. The molecule has 1 aromatic carbocycles. The van der Waals surface area contributed by atoms with Crippen molar-refractivity contribution in [3.8, 4) is 0 Å². The van der Waals surface area contributed by atoms with E-state index < -0.39 is 10.0 Å². The Morgan fingerprint density at radius 2 is 2.04 bits per heavy atom.